The lowest BCUT2D eigenvalue weighted by atomic mass is 9.79. The molecule has 1 N–H and O–H groups in total. The van der Waals surface area contributed by atoms with Crippen molar-refractivity contribution in [2.24, 2.45) is 5.41 Å². The molecule has 8 heteroatoms. The summed E-state index contributed by atoms with van der Waals surface area (Å²) >= 11 is 0. The molecule has 2 aromatic heterocycles. The summed E-state index contributed by atoms with van der Waals surface area (Å²) in [5.41, 5.74) is 1.88. The fraction of sp³-hybridized carbons (Fsp3) is 0.429. The lowest BCUT2D eigenvalue weighted by molar-refractivity contribution is 0.0553. The Hall–Kier alpha value is -2.87. The molecule has 1 aromatic carbocycles. The maximum atomic E-state index is 14.4. The highest BCUT2D eigenvalue weighted by molar-refractivity contribution is 5.95. The van der Waals surface area contributed by atoms with Crippen LogP contribution >= 0.6 is 0 Å². The fourth-order valence-corrected chi connectivity index (χ4v) is 4.63. The molecule has 2 fully saturated rings. The maximum Gasteiger partial charge on any atom is 0.254 e. The summed E-state index contributed by atoms with van der Waals surface area (Å²) in [7, 11) is 0. The van der Waals surface area contributed by atoms with Gasteiger partial charge in [0, 0.05) is 48.6 Å². The van der Waals surface area contributed by atoms with Crippen molar-refractivity contribution in [3.05, 3.63) is 47.8 Å². The summed E-state index contributed by atoms with van der Waals surface area (Å²) < 4.78 is 16.2. The largest absolute Gasteiger partial charge is 0.338 e. The van der Waals surface area contributed by atoms with Crippen molar-refractivity contribution >= 4 is 11.7 Å². The van der Waals surface area contributed by atoms with E-state index >= 15 is 0 Å². The number of aromatic nitrogens is 4. The van der Waals surface area contributed by atoms with Gasteiger partial charge in [-0.05, 0) is 56.5 Å². The van der Waals surface area contributed by atoms with Gasteiger partial charge >= 0.3 is 0 Å². The van der Waals surface area contributed by atoms with Crippen LogP contribution in [0.2, 0.25) is 0 Å². The number of halogens is 1. The molecule has 29 heavy (non-hydrogen) atoms. The summed E-state index contributed by atoms with van der Waals surface area (Å²) in [6.45, 7) is 5.24. The Kier molecular flexibility index (Phi) is 4.31. The van der Waals surface area contributed by atoms with Crippen molar-refractivity contribution < 1.29 is 9.18 Å². The molecule has 1 atom stereocenters. The summed E-state index contributed by atoms with van der Waals surface area (Å²) in [5, 5.41) is 11.4. The van der Waals surface area contributed by atoms with Crippen LogP contribution in [0, 0.1) is 18.2 Å². The monoisotopic (exact) mass is 394 g/mol. The number of hydrogen-bond acceptors (Lipinski definition) is 5. The van der Waals surface area contributed by atoms with Crippen molar-refractivity contribution in [3.63, 3.8) is 0 Å². The predicted molar refractivity (Wildman–Crippen MR) is 106 cm³/mol. The molecule has 1 spiro atoms. The van der Waals surface area contributed by atoms with Crippen molar-refractivity contribution in [2.75, 3.05) is 26.2 Å². The third-order valence-electron chi connectivity index (χ3n) is 6.19. The van der Waals surface area contributed by atoms with Crippen LogP contribution in [0.25, 0.3) is 16.9 Å². The van der Waals surface area contributed by atoms with Gasteiger partial charge in [0.1, 0.15) is 11.6 Å². The molecule has 0 aliphatic carbocycles. The third kappa shape index (κ3) is 3.27. The molecule has 4 heterocycles. The van der Waals surface area contributed by atoms with Crippen LogP contribution in [0.3, 0.4) is 0 Å². The molecular formula is C21H23FN6O. The Labute approximate surface area is 168 Å². The average molecular weight is 394 g/mol. The van der Waals surface area contributed by atoms with Crippen molar-refractivity contribution in [1.29, 1.82) is 0 Å². The SMILES string of the molecule is Cc1nnc2ncc(-c3cc(F)cc(C(=O)N4CCCC5(CCNC5)C4)c3)cn12. The minimum atomic E-state index is -0.430. The minimum Gasteiger partial charge on any atom is -0.338 e. The molecule has 0 bridgehead atoms. The number of fused-ring (bicyclic) bond motifs is 1. The number of nitrogens with zero attached hydrogens (tertiary/aromatic N) is 5. The topological polar surface area (TPSA) is 75.4 Å². The first-order chi connectivity index (χ1) is 14.0. The number of nitrogens with one attached hydrogen (secondary N) is 1. The van der Waals surface area contributed by atoms with Gasteiger partial charge in [-0.15, -0.1) is 10.2 Å². The van der Waals surface area contributed by atoms with Gasteiger partial charge in [-0.25, -0.2) is 9.37 Å². The molecule has 1 amide bonds. The molecule has 0 radical (unpaired) electrons. The van der Waals surface area contributed by atoms with Crippen molar-refractivity contribution in [3.8, 4) is 11.1 Å². The van der Waals surface area contributed by atoms with E-state index in [0.29, 0.717) is 28.3 Å². The second-order valence-corrected chi connectivity index (χ2v) is 8.25. The van der Waals surface area contributed by atoms with E-state index in [1.807, 2.05) is 18.0 Å². The summed E-state index contributed by atoms with van der Waals surface area (Å²) in [4.78, 5) is 19.4. The quantitative estimate of drug-likeness (QED) is 0.723. The number of rotatable bonds is 2. The van der Waals surface area contributed by atoms with Crippen LogP contribution in [-0.4, -0.2) is 56.6 Å². The molecule has 2 aliphatic heterocycles. The Balaban J connectivity index is 1.47. The number of carbonyl (C=O) groups excluding carboxylic acids is 1. The van der Waals surface area contributed by atoms with Gasteiger partial charge in [0.15, 0.2) is 0 Å². The van der Waals surface area contributed by atoms with E-state index in [1.165, 1.54) is 12.1 Å². The van der Waals surface area contributed by atoms with E-state index in [-0.39, 0.29) is 11.3 Å². The zero-order chi connectivity index (χ0) is 20.0. The van der Waals surface area contributed by atoms with E-state index in [4.69, 9.17) is 0 Å². The minimum absolute atomic E-state index is 0.105. The molecule has 2 aliphatic rings. The van der Waals surface area contributed by atoms with E-state index in [1.54, 1.807) is 16.7 Å². The van der Waals surface area contributed by atoms with E-state index in [0.717, 1.165) is 45.4 Å². The second kappa shape index (κ2) is 6.88. The predicted octanol–water partition coefficient (Wildman–Crippen LogP) is 2.45. The molecular weight excluding hydrogens is 371 g/mol. The highest BCUT2D eigenvalue weighted by Gasteiger charge is 2.39. The fourth-order valence-electron chi connectivity index (χ4n) is 4.63. The van der Waals surface area contributed by atoms with E-state index < -0.39 is 5.82 Å². The van der Waals surface area contributed by atoms with Crippen LogP contribution in [0.5, 0.6) is 0 Å². The number of hydrogen-bond donors (Lipinski definition) is 1. The normalized spacial score (nSPS) is 21.9. The zero-order valence-corrected chi connectivity index (χ0v) is 16.4. The smallest absolute Gasteiger partial charge is 0.254 e. The van der Waals surface area contributed by atoms with Gasteiger partial charge in [0.05, 0.1) is 0 Å². The zero-order valence-electron chi connectivity index (χ0n) is 16.4. The average Bonchev–Trinajstić information content (AvgIpc) is 3.33. The first-order valence-corrected chi connectivity index (χ1v) is 10.0. The Morgan fingerprint density at radius 3 is 2.93 bits per heavy atom. The second-order valence-electron chi connectivity index (χ2n) is 8.25. The summed E-state index contributed by atoms with van der Waals surface area (Å²) in [5.74, 6) is 0.653. The Morgan fingerprint density at radius 1 is 1.21 bits per heavy atom. The first kappa shape index (κ1) is 18.2. The molecule has 3 aromatic rings. The van der Waals surface area contributed by atoms with Crippen molar-refractivity contribution in [2.45, 2.75) is 26.2 Å². The van der Waals surface area contributed by atoms with Crippen LogP contribution in [-0.2, 0) is 0 Å². The lowest BCUT2D eigenvalue weighted by Gasteiger charge is -2.40. The Morgan fingerprint density at radius 2 is 2.10 bits per heavy atom. The number of aryl methyl sites for hydroxylation is 1. The van der Waals surface area contributed by atoms with Gasteiger partial charge < -0.3 is 10.2 Å². The molecule has 7 nitrogen and oxygen atoms in total. The number of likely N-dealkylation sites (tertiary alicyclic amines) is 1. The van der Waals surface area contributed by atoms with Gasteiger partial charge in [-0.3, -0.25) is 9.20 Å². The van der Waals surface area contributed by atoms with E-state index in [9.17, 15) is 9.18 Å². The molecule has 1 unspecified atom stereocenters. The maximum absolute atomic E-state index is 14.4. The van der Waals surface area contributed by atoms with Gasteiger partial charge in [-0.1, -0.05) is 0 Å². The number of carbonyl (C=O) groups is 1. The number of benzene rings is 1. The van der Waals surface area contributed by atoms with Gasteiger partial charge in [-0.2, -0.15) is 0 Å². The van der Waals surface area contributed by atoms with E-state index in [2.05, 4.69) is 20.5 Å². The Bertz CT molecular complexity index is 1090. The lowest BCUT2D eigenvalue weighted by Crippen LogP contribution is -2.47. The van der Waals surface area contributed by atoms with Crippen LogP contribution in [0.4, 0.5) is 4.39 Å². The van der Waals surface area contributed by atoms with Crippen LogP contribution < -0.4 is 5.32 Å². The highest BCUT2D eigenvalue weighted by Crippen LogP contribution is 2.36. The first-order valence-electron chi connectivity index (χ1n) is 10.0. The highest BCUT2D eigenvalue weighted by atomic mass is 19.1. The van der Waals surface area contributed by atoms with Gasteiger partial charge in [0.25, 0.3) is 11.7 Å². The molecule has 150 valence electrons. The third-order valence-corrected chi connectivity index (χ3v) is 6.19. The van der Waals surface area contributed by atoms with Gasteiger partial charge in [0.2, 0.25) is 0 Å². The summed E-state index contributed by atoms with van der Waals surface area (Å²) in [6.07, 6.45) is 6.67. The summed E-state index contributed by atoms with van der Waals surface area (Å²) in [6, 6.07) is 4.51. The number of piperidine rings is 1. The number of amides is 1. The molecule has 2 saturated heterocycles. The van der Waals surface area contributed by atoms with Crippen LogP contribution in [0.1, 0.15) is 35.4 Å². The standard InChI is InChI=1S/C21H23FN6O/c1-14-25-26-20-24-10-17(11-28(14)20)15-7-16(9-18(22)8-15)19(29)27-6-2-3-21(13-27)4-5-23-12-21/h7-11,23H,2-6,12-13H2,1H3. The van der Waals surface area contributed by atoms with Crippen LogP contribution in [0.15, 0.2) is 30.6 Å². The van der Waals surface area contributed by atoms with Crippen molar-refractivity contribution in [1.82, 2.24) is 29.8 Å². The molecule has 5 rings (SSSR count). The molecule has 0 saturated carbocycles.